The van der Waals surface area contributed by atoms with E-state index in [1.54, 1.807) is 22.1 Å². The summed E-state index contributed by atoms with van der Waals surface area (Å²) < 4.78 is 4.92. The Balaban J connectivity index is 2.10. The maximum Gasteiger partial charge on any atom is 0.300 e. The lowest BCUT2D eigenvalue weighted by Crippen LogP contribution is -2.14. The van der Waals surface area contributed by atoms with Crippen LogP contribution in [0.1, 0.15) is 41.5 Å². The summed E-state index contributed by atoms with van der Waals surface area (Å²) in [5.74, 6) is -0.304. The van der Waals surface area contributed by atoms with Crippen LogP contribution in [0.4, 0.5) is 0 Å². The standard InChI is InChI=1S/C17H20N4OS/c1-10(2)21-9-8-13(19-21)16(22)18-17-20(5)14-11(3)6-7-12(4)15(14)23-17/h6-10H,1-5H3. The topological polar surface area (TPSA) is 52.2 Å². The van der Waals surface area contributed by atoms with E-state index in [1.807, 2.05) is 31.7 Å². The molecular weight excluding hydrogens is 308 g/mol. The average molecular weight is 328 g/mol. The molecule has 0 atom stereocenters. The summed E-state index contributed by atoms with van der Waals surface area (Å²) in [7, 11) is 1.95. The number of nitrogens with zero attached hydrogens (tertiary/aromatic N) is 4. The van der Waals surface area contributed by atoms with E-state index >= 15 is 0 Å². The summed E-state index contributed by atoms with van der Waals surface area (Å²) in [6.45, 7) is 8.20. The highest BCUT2D eigenvalue weighted by Crippen LogP contribution is 2.24. The number of carbonyl (C=O) groups excluding carboxylic acids is 1. The summed E-state index contributed by atoms with van der Waals surface area (Å²) in [5.41, 5.74) is 3.89. The van der Waals surface area contributed by atoms with Gasteiger partial charge < -0.3 is 4.57 Å². The first-order chi connectivity index (χ1) is 10.9. The highest BCUT2D eigenvalue weighted by Gasteiger charge is 2.12. The van der Waals surface area contributed by atoms with Crippen molar-refractivity contribution in [3.05, 3.63) is 46.0 Å². The predicted octanol–water partition coefficient (Wildman–Crippen LogP) is 3.38. The maximum atomic E-state index is 12.4. The highest BCUT2D eigenvalue weighted by atomic mass is 32.1. The Bertz CT molecular complexity index is 959. The largest absolute Gasteiger partial charge is 0.319 e. The van der Waals surface area contributed by atoms with Crippen molar-refractivity contribution >= 4 is 27.5 Å². The first-order valence-electron chi connectivity index (χ1n) is 7.58. The van der Waals surface area contributed by atoms with Gasteiger partial charge in [0, 0.05) is 19.3 Å². The number of aryl methyl sites for hydroxylation is 3. The van der Waals surface area contributed by atoms with E-state index in [9.17, 15) is 4.79 Å². The Morgan fingerprint density at radius 1 is 1.22 bits per heavy atom. The Morgan fingerprint density at radius 2 is 1.91 bits per heavy atom. The molecule has 5 nitrogen and oxygen atoms in total. The second kappa shape index (κ2) is 5.77. The number of benzene rings is 1. The molecule has 0 aliphatic heterocycles. The van der Waals surface area contributed by atoms with Crippen LogP contribution in [0.2, 0.25) is 0 Å². The van der Waals surface area contributed by atoms with Gasteiger partial charge in [0.2, 0.25) is 0 Å². The first-order valence-corrected chi connectivity index (χ1v) is 8.40. The zero-order valence-corrected chi connectivity index (χ0v) is 14.8. The minimum absolute atomic E-state index is 0.224. The zero-order chi connectivity index (χ0) is 16.7. The van der Waals surface area contributed by atoms with Crippen LogP contribution >= 0.6 is 11.3 Å². The SMILES string of the molecule is Cc1ccc(C)c2c1sc(=NC(=O)c1ccn(C(C)C)n1)n2C. The first kappa shape index (κ1) is 15.7. The number of aromatic nitrogens is 3. The summed E-state index contributed by atoms with van der Waals surface area (Å²) in [4.78, 5) is 17.4. The lowest BCUT2D eigenvalue weighted by Gasteiger charge is -2.02. The summed E-state index contributed by atoms with van der Waals surface area (Å²) in [6, 6.07) is 6.14. The molecule has 2 aromatic heterocycles. The zero-order valence-electron chi connectivity index (χ0n) is 14.0. The minimum Gasteiger partial charge on any atom is -0.319 e. The van der Waals surface area contributed by atoms with Crippen LogP contribution in [0.25, 0.3) is 10.2 Å². The van der Waals surface area contributed by atoms with Gasteiger partial charge in [-0.15, -0.1) is 0 Å². The molecule has 0 bridgehead atoms. The number of fused-ring (bicyclic) bond motifs is 1. The van der Waals surface area contributed by atoms with Gasteiger partial charge >= 0.3 is 0 Å². The summed E-state index contributed by atoms with van der Waals surface area (Å²) in [6.07, 6.45) is 1.81. The van der Waals surface area contributed by atoms with Gasteiger partial charge in [0.05, 0.1) is 10.2 Å². The van der Waals surface area contributed by atoms with Crippen molar-refractivity contribution in [3.8, 4) is 0 Å². The third-order valence-electron chi connectivity index (χ3n) is 3.90. The Hall–Kier alpha value is -2.21. The molecule has 0 N–H and O–H groups in total. The van der Waals surface area contributed by atoms with Crippen molar-refractivity contribution < 1.29 is 4.79 Å². The minimum atomic E-state index is -0.304. The fraction of sp³-hybridized carbons (Fsp3) is 0.353. The van der Waals surface area contributed by atoms with Crippen LogP contribution in [-0.4, -0.2) is 20.3 Å². The van der Waals surface area contributed by atoms with Crippen LogP contribution in [0, 0.1) is 13.8 Å². The number of carbonyl (C=O) groups is 1. The van der Waals surface area contributed by atoms with Crippen LogP contribution in [0.15, 0.2) is 29.4 Å². The van der Waals surface area contributed by atoms with Crippen molar-refractivity contribution in [1.82, 2.24) is 14.3 Å². The quantitative estimate of drug-likeness (QED) is 0.724. The lowest BCUT2D eigenvalue weighted by atomic mass is 10.1. The number of amides is 1. The van der Waals surface area contributed by atoms with E-state index in [-0.39, 0.29) is 11.9 Å². The van der Waals surface area contributed by atoms with Crippen molar-refractivity contribution in [2.75, 3.05) is 0 Å². The monoisotopic (exact) mass is 328 g/mol. The summed E-state index contributed by atoms with van der Waals surface area (Å²) >= 11 is 1.54. The van der Waals surface area contributed by atoms with Crippen molar-refractivity contribution in [2.24, 2.45) is 12.0 Å². The smallest absolute Gasteiger partial charge is 0.300 e. The molecule has 23 heavy (non-hydrogen) atoms. The van der Waals surface area contributed by atoms with Crippen LogP contribution in [0.5, 0.6) is 0 Å². The predicted molar refractivity (Wildman–Crippen MR) is 92.8 cm³/mol. The van der Waals surface area contributed by atoms with E-state index < -0.39 is 0 Å². The second-order valence-corrected chi connectivity index (χ2v) is 6.99. The molecule has 1 amide bonds. The molecule has 0 radical (unpaired) electrons. The molecule has 6 heteroatoms. The fourth-order valence-electron chi connectivity index (χ4n) is 2.55. The summed E-state index contributed by atoms with van der Waals surface area (Å²) in [5, 5.41) is 4.29. The lowest BCUT2D eigenvalue weighted by molar-refractivity contribution is 0.0992. The molecule has 0 aliphatic rings. The normalized spacial score (nSPS) is 12.5. The van der Waals surface area contributed by atoms with E-state index in [1.165, 1.54) is 15.8 Å². The van der Waals surface area contributed by atoms with Crippen LogP contribution < -0.4 is 4.80 Å². The number of hydrogen-bond acceptors (Lipinski definition) is 3. The van der Waals surface area contributed by atoms with Gasteiger partial charge in [-0.25, -0.2) is 0 Å². The molecule has 120 valence electrons. The average Bonchev–Trinajstić information content (AvgIpc) is 3.10. The van der Waals surface area contributed by atoms with Gasteiger partial charge in [-0.3, -0.25) is 9.48 Å². The molecule has 0 fully saturated rings. The molecule has 0 spiro atoms. The molecule has 0 aliphatic carbocycles. The number of hydrogen-bond donors (Lipinski definition) is 0. The number of thiazole rings is 1. The van der Waals surface area contributed by atoms with Gasteiger partial charge in [-0.2, -0.15) is 10.1 Å². The van der Waals surface area contributed by atoms with Gasteiger partial charge in [0.25, 0.3) is 5.91 Å². The molecule has 2 heterocycles. The van der Waals surface area contributed by atoms with Gasteiger partial charge in [-0.05, 0) is 44.9 Å². The molecule has 0 saturated carbocycles. The van der Waals surface area contributed by atoms with E-state index in [0.717, 1.165) is 5.52 Å². The van der Waals surface area contributed by atoms with Crippen molar-refractivity contribution in [2.45, 2.75) is 33.7 Å². The fourth-order valence-corrected chi connectivity index (χ4v) is 3.72. The van der Waals surface area contributed by atoms with Crippen LogP contribution in [-0.2, 0) is 7.05 Å². The van der Waals surface area contributed by atoms with Gasteiger partial charge in [0.1, 0.15) is 0 Å². The van der Waals surface area contributed by atoms with Crippen LogP contribution in [0.3, 0.4) is 0 Å². The molecular formula is C17H20N4OS. The third kappa shape index (κ3) is 2.74. The molecule has 1 aromatic carbocycles. The molecule has 3 rings (SSSR count). The Morgan fingerprint density at radius 3 is 2.52 bits per heavy atom. The van der Waals surface area contributed by atoms with Gasteiger partial charge in [-0.1, -0.05) is 23.5 Å². The Kier molecular flexibility index (Phi) is 3.93. The van der Waals surface area contributed by atoms with Crippen molar-refractivity contribution in [1.29, 1.82) is 0 Å². The van der Waals surface area contributed by atoms with Crippen molar-refractivity contribution in [3.63, 3.8) is 0 Å². The second-order valence-electron chi connectivity index (χ2n) is 6.01. The molecule has 0 saturated heterocycles. The Labute approximate surface area is 138 Å². The van der Waals surface area contributed by atoms with E-state index in [4.69, 9.17) is 0 Å². The molecule has 3 aromatic rings. The van der Waals surface area contributed by atoms with Gasteiger partial charge in [0.15, 0.2) is 10.5 Å². The third-order valence-corrected chi connectivity index (χ3v) is 5.17. The maximum absolute atomic E-state index is 12.4. The number of rotatable bonds is 2. The van der Waals surface area contributed by atoms with E-state index in [0.29, 0.717) is 10.5 Å². The molecule has 0 unspecified atom stereocenters. The van der Waals surface area contributed by atoms with E-state index in [2.05, 4.69) is 36.1 Å². The highest BCUT2D eigenvalue weighted by molar-refractivity contribution is 7.16.